The molecule has 49 heavy (non-hydrogen) atoms. The van der Waals surface area contributed by atoms with E-state index in [2.05, 4.69) is 10.6 Å². The van der Waals surface area contributed by atoms with Crippen LogP contribution in [0.3, 0.4) is 0 Å². The van der Waals surface area contributed by atoms with Gasteiger partial charge in [0.25, 0.3) is 0 Å². The Morgan fingerprint density at radius 3 is 2.63 bits per heavy atom. The van der Waals surface area contributed by atoms with Crippen LogP contribution in [-0.4, -0.2) is 106 Å². The average Bonchev–Trinajstić information content (AvgIpc) is 3.83. The zero-order chi connectivity index (χ0) is 35.0. The first-order valence-electron chi connectivity index (χ1n) is 16.6. The summed E-state index contributed by atoms with van der Waals surface area (Å²) in [6, 6.07) is 12.8. The summed E-state index contributed by atoms with van der Waals surface area (Å²) in [7, 11) is -4.19. The zero-order valence-corrected chi connectivity index (χ0v) is 28.7. The van der Waals surface area contributed by atoms with Gasteiger partial charge in [-0.05, 0) is 48.8 Å². The molecule has 0 aliphatic carbocycles. The largest absolute Gasteiger partial charge is 0.454 e. The van der Waals surface area contributed by atoms with Crippen LogP contribution in [0.25, 0.3) is 0 Å². The predicted octanol–water partition coefficient (Wildman–Crippen LogP) is 2.17. The number of carbonyl (C=O) groups excluding carboxylic acids is 2. The molecule has 0 saturated carbocycles. The average molecular weight is 706 g/mol. The van der Waals surface area contributed by atoms with E-state index in [9.17, 15) is 23.1 Å². The van der Waals surface area contributed by atoms with Gasteiger partial charge in [0.1, 0.15) is 12.7 Å². The lowest BCUT2D eigenvalue weighted by Gasteiger charge is -2.35. The second-order valence-corrected chi connectivity index (χ2v) is 15.4. The maximum atomic E-state index is 14.3. The normalized spacial score (nSPS) is 21.3. The first kappa shape index (κ1) is 36.8. The van der Waals surface area contributed by atoms with E-state index in [4.69, 9.17) is 28.8 Å². The molecular weight excluding hydrogens is 658 g/mol. The Morgan fingerprint density at radius 1 is 1.08 bits per heavy atom. The lowest BCUT2D eigenvalue weighted by molar-refractivity contribution is -0.123. The summed E-state index contributed by atoms with van der Waals surface area (Å²) in [5.41, 5.74) is 0.285. The van der Waals surface area contributed by atoms with Crippen LogP contribution >= 0.6 is 0 Å². The Hall–Kier alpha value is -3.47. The van der Waals surface area contributed by atoms with Crippen LogP contribution in [0.5, 0.6) is 11.5 Å². The van der Waals surface area contributed by atoms with Gasteiger partial charge < -0.3 is 44.5 Å². The number of hydrogen-bond acceptors (Lipinski definition) is 11. The van der Waals surface area contributed by atoms with Crippen LogP contribution in [0.2, 0.25) is 0 Å². The molecule has 0 bridgehead atoms. The molecule has 3 heterocycles. The van der Waals surface area contributed by atoms with Crippen LogP contribution in [0.15, 0.2) is 53.4 Å². The van der Waals surface area contributed by atoms with Crippen molar-refractivity contribution >= 4 is 22.0 Å². The second kappa shape index (κ2) is 16.5. The molecule has 5 atom stereocenters. The number of nitrogens with zero attached hydrogens (tertiary/aromatic N) is 1. The number of amides is 2. The maximum Gasteiger partial charge on any atom is 0.407 e. The number of benzene rings is 2. The molecule has 5 rings (SSSR count). The van der Waals surface area contributed by atoms with Crippen molar-refractivity contribution in [2.24, 2.45) is 11.3 Å². The van der Waals surface area contributed by atoms with Gasteiger partial charge in [-0.15, -0.1) is 0 Å². The van der Waals surface area contributed by atoms with E-state index in [0.29, 0.717) is 50.3 Å². The lowest BCUT2D eigenvalue weighted by atomic mass is 9.87. The van der Waals surface area contributed by atoms with Gasteiger partial charge in [-0.3, -0.25) is 4.79 Å². The van der Waals surface area contributed by atoms with Crippen LogP contribution < -0.4 is 20.1 Å². The molecule has 14 nitrogen and oxygen atoms in total. The number of ether oxygens (including phenoxy) is 5. The minimum Gasteiger partial charge on any atom is -0.454 e. The van der Waals surface area contributed by atoms with Gasteiger partial charge in [0.05, 0.1) is 36.2 Å². The summed E-state index contributed by atoms with van der Waals surface area (Å²) in [4.78, 5) is 24.6. The number of carbonyl (C=O) groups is 2. The van der Waals surface area contributed by atoms with Crippen LogP contribution in [-0.2, 0) is 35.4 Å². The minimum absolute atomic E-state index is 0.0165. The van der Waals surface area contributed by atoms with E-state index in [-0.39, 0.29) is 43.7 Å². The van der Waals surface area contributed by atoms with Crippen molar-refractivity contribution in [1.29, 1.82) is 0 Å². The van der Waals surface area contributed by atoms with E-state index in [0.717, 1.165) is 5.56 Å². The van der Waals surface area contributed by atoms with Crippen molar-refractivity contribution in [2.75, 3.05) is 46.2 Å². The van der Waals surface area contributed by atoms with E-state index in [1.165, 1.54) is 22.5 Å². The van der Waals surface area contributed by atoms with Gasteiger partial charge in [-0.2, -0.15) is 4.31 Å². The molecule has 0 spiro atoms. The number of hydrogen-bond donors (Lipinski definition) is 4. The van der Waals surface area contributed by atoms with Gasteiger partial charge >= 0.3 is 6.09 Å². The lowest BCUT2D eigenvalue weighted by Crippen LogP contribution is -2.52. The smallest absolute Gasteiger partial charge is 0.407 e. The first-order valence-corrected chi connectivity index (χ1v) is 18.1. The standard InChI is InChI=1S/C34H47N3O11S/c1-34(2,13-6-7-14-35-31(40)19-38)21-37(49(42,43)24-10-11-28-29(17-24)47-22-46-28)18-27(39)26(16-23-8-4-3-5-9-23)36-33(41)48-30-20-45-32-25(30)12-15-44-32/h3-5,8-11,17,25-27,30,32,38-39H,6-7,12-16,18-22H2,1-2H3,(H,35,40)(H,36,41)/t25-,26-,27+,30-,32+/m0/s1. The molecule has 15 heteroatoms. The van der Waals surface area contributed by atoms with Gasteiger partial charge in [0.15, 0.2) is 17.8 Å². The van der Waals surface area contributed by atoms with Gasteiger partial charge in [0, 0.05) is 25.7 Å². The summed E-state index contributed by atoms with van der Waals surface area (Å²) in [6.45, 7) is 4.13. The quantitative estimate of drug-likeness (QED) is 0.177. The van der Waals surface area contributed by atoms with Crippen molar-refractivity contribution in [3.05, 3.63) is 54.1 Å². The molecule has 0 aromatic heterocycles. The Labute approximate surface area is 287 Å². The molecule has 3 aliphatic rings. The van der Waals surface area contributed by atoms with E-state index < -0.39 is 58.6 Å². The number of sulfonamides is 1. The molecule has 2 aromatic rings. The predicted molar refractivity (Wildman–Crippen MR) is 176 cm³/mol. The molecule has 2 saturated heterocycles. The number of nitrogens with one attached hydrogen (secondary N) is 2. The van der Waals surface area contributed by atoms with Crippen molar-refractivity contribution in [3.8, 4) is 11.5 Å². The summed E-state index contributed by atoms with van der Waals surface area (Å²) >= 11 is 0. The highest BCUT2D eigenvalue weighted by Crippen LogP contribution is 2.36. The van der Waals surface area contributed by atoms with Crippen molar-refractivity contribution < 1.29 is 51.9 Å². The van der Waals surface area contributed by atoms with Gasteiger partial charge in [0.2, 0.25) is 22.7 Å². The number of aliphatic hydroxyl groups is 2. The van der Waals surface area contributed by atoms with Crippen molar-refractivity contribution in [1.82, 2.24) is 14.9 Å². The highest BCUT2D eigenvalue weighted by molar-refractivity contribution is 7.89. The molecule has 3 aliphatic heterocycles. The SMILES string of the molecule is CC(C)(CCCCNC(=O)CO)CN(C[C@@H](O)[C@H](Cc1ccccc1)NC(=O)O[C@H]1CO[C@H]2OCC[C@H]21)S(=O)(=O)c1ccc2c(c1)OCO2. The Morgan fingerprint density at radius 2 is 1.86 bits per heavy atom. The van der Waals surface area contributed by atoms with E-state index >= 15 is 0 Å². The fraction of sp³-hybridized carbons (Fsp3) is 0.588. The van der Waals surface area contributed by atoms with Crippen LogP contribution in [0, 0.1) is 11.3 Å². The van der Waals surface area contributed by atoms with Crippen molar-refractivity contribution in [2.45, 2.75) is 75.4 Å². The fourth-order valence-electron chi connectivity index (χ4n) is 6.36. The fourth-order valence-corrected chi connectivity index (χ4v) is 8.02. The highest BCUT2D eigenvalue weighted by atomic mass is 32.2. The maximum absolute atomic E-state index is 14.3. The third-order valence-electron chi connectivity index (χ3n) is 9.03. The second-order valence-electron chi connectivity index (χ2n) is 13.4. The van der Waals surface area contributed by atoms with Gasteiger partial charge in [-0.1, -0.05) is 50.6 Å². The number of unbranched alkanes of at least 4 members (excludes halogenated alkanes) is 1. The summed E-state index contributed by atoms with van der Waals surface area (Å²) < 4.78 is 57.5. The molecule has 0 radical (unpaired) electrons. The van der Waals surface area contributed by atoms with Crippen molar-refractivity contribution in [3.63, 3.8) is 0 Å². The van der Waals surface area contributed by atoms with E-state index in [1.54, 1.807) is 0 Å². The summed E-state index contributed by atoms with van der Waals surface area (Å²) in [5, 5.41) is 26.1. The molecule has 0 unspecified atom stereocenters. The Bertz CT molecular complexity index is 1520. The topological polar surface area (TPSA) is 182 Å². The van der Waals surface area contributed by atoms with Crippen LogP contribution in [0.1, 0.15) is 45.1 Å². The summed E-state index contributed by atoms with van der Waals surface area (Å²) in [5.74, 6) is 0.222. The number of alkyl carbamates (subject to hydrolysis) is 1. The zero-order valence-electron chi connectivity index (χ0n) is 27.9. The number of aliphatic hydroxyl groups excluding tert-OH is 2. The van der Waals surface area contributed by atoms with E-state index in [1.807, 2.05) is 44.2 Å². The Kier molecular flexibility index (Phi) is 12.4. The molecule has 4 N–H and O–H groups in total. The molecule has 2 fully saturated rings. The molecule has 270 valence electrons. The monoisotopic (exact) mass is 705 g/mol. The molecule has 2 aromatic carbocycles. The molecular formula is C34H47N3O11S. The summed E-state index contributed by atoms with van der Waals surface area (Å²) in [6.07, 6.45) is -0.114. The third kappa shape index (κ3) is 9.83. The third-order valence-corrected chi connectivity index (χ3v) is 10.8. The molecule has 2 amide bonds. The number of fused-ring (bicyclic) bond motifs is 2. The number of rotatable bonds is 17. The highest BCUT2D eigenvalue weighted by Gasteiger charge is 2.44. The first-order chi connectivity index (χ1) is 23.4. The Balaban J connectivity index is 1.34. The minimum atomic E-state index is -4.19. The van der Waals surface area contributed by atoms with Crippen LogP contribution in [0.4, 0.5) is 4.79 Å². The van der Waals surface area contributed by atoms with Gasteiger partial charge in [-0.25, -0.2) is 13.2 Å².